The van der Waals surface area contributed by atoms with Crippen LogP contribution in [0.5, 0.6) is 0 Å². The number of likely N-dealkylation sites (tertiary alicyclic amines) is 1. The maximum absolute atomic E-state index is 12.1. The van der Waals surface area contributed by atoms with Gasteiger partial charge >= 0.3 is 5.97 Å². The van der Waals surface area contributed by atoms with E-state index in [2.05, 4.69) is 23.6 Å². The van der Waals surface area contributed by atoms with E-state index in [1.807, 2.05) is 32.0 Å². The molecule has 0 atom stereocenters. The third-order valence-corrected chi connectivity index (χ3v) is 3.72. The summed E-state index contributed by atoms with van der Waals surface area (Å²) in [6, 6.07) is 10.3. The SMILES string of the molecule is C=C(C)C1(C(=O)OCC)CN(Cc2ccccc2)C1. The number of rotatable bonds is 5. The van der Waals surface area contributed by atoms with E-state index in [1.54, 1.807) is 0 Å². The Bertz CT molecular complexity index is 461. The van der Waals surface area contributed by atoms with Gasteiger partial charge in [0.05, 0.1) is 6.61 Å². The Hall–Kier alpha value is -1.61. The summed E-state index contributed by atoms with van der Waals surface area (Å²) in [5.41, 5.74) is 1.67. The van der Waals surface area contributed by atoms with E-state index >= 15 is 0 Å². The predicted octanol–water partition coefficient (Wildman–Crippen LogP) is 2.63. The van der Waals surface area contributed by atoms with Gasteiger partial charge in [0.25, 0.3) is 0 Å². The molecule has 2 rings (SSSR count). The summed E-state index contributed by atoms with van der Waals surface area (Å²) in [7, 11) is 0. The fraction of sp³-hybridized carbons (Fsp3) is 0.438. The Morgan fingerprint density at radius 1 is 1.37 bits per heavy atom. The molecule has 0 bridgehead atoms. The van der Waals surface area contributed by atoms with Crippen LogP contribution in [0.1, 0.15) is 19.4 Å². The Kier molecular flexibility index (Phi) is 4.05. The van der Waals surface area contributed by atoms with Gasteiger partial charge in [-0.15, -0.1) is 0 Å². The van der Waals surface area contributed by atoms with E-state index in [1.165, 1.54) is 5.56 Å². The molecule has 0 saturated carbocycles. The van der Waals surface area contributed by atoms with Gasteiger partial charge in [-0.05, 0) is 19.4 Å². The highest BCUT2D eigenvalue weighted by Gasteiger charge is 2.50. The average molecular weight is 259 g/mol. The van der Waals surface area contributed by atoms with Crippen LogP contribution in [0.15, 0.2) is 42.5 Å². The van der Waals surface area contributed by atoms with E-state index < -0.39 is 5.41 Å². The average Bonchev–Trinajstić information content (AvgIpc) is 2.34. The molecule has 1 aliphatic rings. The monoisotopic (exact) mass is 259 g/mol. The van der Waals surface area contributed by atoms with Crippen molar-refractivity contribution in [3.05, 3.63) is 48.0 Å². The van der Waals surface area contributed by atoms with Gasteiger partial charge in [-0.1, -0.05) is 42.5 Å². The van der Waals surface area contributed by atoms with Crippen LogP contribution in [-0.2, 0) is 16.1 Å². The summed E-state index contributed by atoms with van der Waals surface area (Å²) in [5, 5.41) is 0. The minimum atomic E-state index is -0.495. The molecule has 1 aromatic carbocycles. The van der Waals surface area contributed by atoms with Crippen LogP contribution < -0.4 is 0 Å². The Morgan fingerprint density at radius 2 is 2.00 bits per heavy atom. The number of hydrogen-bond donors (Lipinski definition) is 0. The quantitative estimate of drug-likeness (QED) is 0.601. The summed E-state index contributed by atoms with van der Waals surface area (Å²) >= 11 is 0. The molecule has 1 heterocycles. The maximum Gasteiger partial charge on any atom is 0.318 e. The zero-order valence-electron chi connectivity index (χ0n) is 11.7. The second kappa shape index (κ2) is 5.57. The van der Waals surface area contributed by atoms with Crippen molar-refractivity contribution in [1.82, 2.24) is 4.90 Å². The minimum Gasteiger partial charge on any atom is -0.465 e. The van der Waals surface area contributed by atoms with Crippen molar-refractivity contribution in [2.75, 3.05) is 19.7 Å². The molecule has 1 aliphatic heterocycles. The molecular formula is C16H21NO2. The second-order valence-corrected chi connectivity index (χ2v) is 5.21. The summed E-state index contributed by atoms with van der Waals surface area (Å²) in [5.74, 6) is -0.133. The molecular weight excluding hydrogens is 238 g/mol. The van der Waals surface area contributed by atoms with Crippen molar-refractivity contribution >= 4 is 5.97 Å². The molecule has 1 aromatic rings. The lowest BCUT2D eigenvalue weighted by Gasteiger charge is -2.48. The van der Waals surface area contributed by atoms with Gasteiger partial charge in [-0.2, -0.15) is 0 Å². The number of benzene rings is 1. The first kappa shape index (κ1) is 13.8. The lowest BCUT2D eigenvalue weighted by Crippen LogP contribution is -2.60. The third-order valence-electron chi connectivity index (χ3n) is 3.72. The van der Waals surface area contributed by atoms with E-state index in [-0.39, 0.29) is 5.97 Å². The van der Waals surface area contributed by atoms with Crippen LogP contribution >= 0.6 is 0 Å². The van der Waals surface area contributed by atoms with E-state index in [0.29, 0.717) is 19.7 Å². The first-order valence-corrected chi connectivity index (χ1v) is 6.68. The summed E-state index contributed by atoms with van der Waals surface area (Å²) in [6.45, 7) is 10.4. The molecule has 0 N–H and O–H groups in total. The van der Waals surface area contributed by atoms with Crippen LogP contribution in [0.2, 0.25) is 0 Å². The highest BCUT2D eigenvalue weighted by atomic mass is 16.5. The number of carbonyl (C=O) groups excluding carboxylic acids is 1. The molecule has 3 heteroatoms. The van der Waals surface area contributed by atoms with Crippen molar-refractivity contribution in [2.45, 2.75) is 20.4 Å². The van der Waals surface area contributed by atoms with Crippen molar-refractivity contribution in [2.24, 2.45) is 5.41 Å². The molecule has 0 spiro atoms. The largest absolute Gasteiger partial charge is 0.465 e. The predicted molar refractivity (Wildman–Crippen MR) is 75.6 cm³/mol. The zero-order valence-corrected chi connectivity index (χ0v) is 11.7. The summed E-state index contributed by atoms with van der Waals surface area (Å²) < 4.78 is 5.18. The van der Waals surface area contributed by atoms with Crippen LogP contribution in [0, 0.1) is 5.41 Å². The highest BCUT2D eigenvalue weighted by Crippen LogP contribution is 2.38. The fourth-order valence-corrected chi connectivity index (χ4v) is 2.51. The van der Waals surface area contributed by atoms with E-state index in [4.69, 9.17) is 4.74 Å². The molecule has 0 amide bonds. The maximum atomic E-state index is 12.1. The highest BCUT2D eigenvalue weighted by molar-refractivity contribution is 5.82. The zero-order chi connectivity index (χ0) is 13.9. The Morgan fingerprint density at radius 3 is 2.53 bits per heavy atom. The second-order valence-electron chi connectivity index (χ2n) is 5.21. The lowest BCUT2D eigenvalue weighted by molar-refractivity contribution is -0.163. The first-order valence-electron chi connectivity index (χ1n) is 6.68. The van der Waals surface area contributed by atoms with Crippen LogP contribution in [-0.4, -0.2) is 30.6 Å². The molecule has 0 aliphatic carbocycles. The van der Waals surface area contributed by atoms with Gasteiger partial charge in [0, 0.05) is 19.6 Å². The van der Waals surface area contributed by atoms with E-state index in [9.17, 15) is 4.79 Å². The standard InChI is InChI=1S/C16H21NO2/c1-4-19-15(18)16(13(2)3)11-17(12-16)10-14-8-6-5-7-9-14/h5-9H,2,4,10-12H2,1,3H3. The fourth-order valence-electron chi connectivity index (χ4n) is 2.51. The number of ether oxygens (including phenoxy) is 1. The van der Waals surface area contributed by atoms with Gasteiger partial charge in [0.15, 0.2) is 0 Å². The third kappa shape index (κ3) is 2.71. The summed E-state index contributed by atoms with van der Waals surface area (Å²) in [4.78, 5) is 14.3. The minimum absolute atomic E-state index is 0.133. The molecule has 102 valence electrons. The Labute approximate surface area is 114 Å². The van der Waals surface area contributed by atoms with Crippen molar-refractivity contribution < 1.29 is 9.53 Å². The number of carbonyl (C=O) groups is 1. The van der Waals surface area contributed by atoms with Crippen molar-refractivity contribution in [3.8, 4) is 0 Å². The van der Waals surface area contributed by atoms with Crippen LogP contribution in [0.4, 0.5) is 0 Å². The van der Waals surface area contributed by atoms with E-state index in [0.717, 1.165) is 12.1 Å². The van der Waals surface area contributed by atoms with Crippen molar-refractivity contribution in [3.63, 3.8) is 0 Å². The number of esters is 1. The van der Waals surface area contributed by atoms with Gasteiger partial charge in [-0.25, -0.2) is 0 Å². The van der Waals surface area contributed by atoms with Gasteiger partial charge in [0.2, 0.25) is 0 Å². The molecule has 1 saturated heterocycles. The van der Waals surface area contributed by atoms with Gasteiger partial charge < -0.3 is 4.74 Å². The molecule has 1 fully saturated rings. The Balaban J connectivity index is 1.98. The number of nitrogens with zero attached hydrogens (tertiary/aromatic N) is 1. The molecule has 19 heavy (non-hydrogen) atoms. The topological polar surface area (TPSA) is 29.5 Å². The number of hydrogen-bond acceptors (Lipinski definition) is 3. The summed E-state index contributed by atoms with van der Waals surface area (Å²) in [6.07, 6.45) is 0. The van der Waals surface area contributed by atoms with Crippen LogP contribution in [0.3, 0.4) is 0 Å². The molecule has 3 nitrogen and oxygen atoms in total. The first-order chi connectivity index (χ1) is 9.08. The smallest absolute Gasteiger partial charge is 0.318 e. The van der Waals surface area contributed by atoms with Crippen molar-refractivity contribution in [1.29, 1.82) is 0 Å². The van der Waals surface area contributed by atoms with Crippen LogP contribution in [0.25, 0.3) is 0 Å². The molecule has 0 unspecified atom stereocenters. The van der Waals surface area contributed by atoms with Gasteiger partial charge in [-0.3, -0.25) is 9.69 Å². The lowest BCUT2D eigenvalue weighted by atomic mass is 9.74. The van der Waals surface area contributed by atoms with Gasteiger partial charge in [0.1, 0.15) is 5.41 Å². The molecule has 0 radical (unpaired) electrons. The molecule has 0 aromatic heterocycles. The normalized spacial score (nSPS) is 17.6.